The van der Waals surface area contributed by atoms with Crippen LogP contribution in [-0.4, -0.2) is 60.1 Å². The Morgan fingerprint density at radius 1 is 1.47 bits per heavy atom. The highest BCUT2D eigenvalue weighted by Crippen LogP contribution is 2.32. The van der Waals surface area contributed by atoms with E-state index in [9.17, 15) is 4.79 Å². The van der Waals surface area contributed by atoms with E-state index in [1.807, 2.05) is 7.05 Å². The molecule has 4 heteroatoms. The van der Waals surface area contributed by atoms with Gasteiger partial charge in [0.25, 0.3) is 0 Å². The predicted octanol–water partition coefficient (Wildman–Crippen LogP) is 0.487. The van der Waals surface area contributed by atoms with Crippen LogP contribution in [0.5, 0.6) is 0 Å². The van der Waals surface area contributed by atoms with E-state index in [1.54, 1.807) is 0 Å². The summed E-state index contributed by atoms with van der Waals surface area (Å²) in [6.07, 6.45) is 3.04. The minimum atomic E-state index is -0.699. The monoisotopic (exact) mass is 212 g/mol. The molecule has 0 aromatic rings. The molecule has 1 aliphatic carbocycles. The molecule has 15 heavy (non-hydrogen) atoms. The first-order chi connectivity index (χ1) is 7.15. The number of carboxylic acids is 1. The van der Waals surface area contributed by atoms with Gasteiger partial charge in [0.05, 0.1) is 6.42 Å². The molecule has 0 atom stereocenters. The SMILES string of the molecule is CN(CCC(=O)O)CC1CN(C2CC2)C1. The smallest absolute Gasteiger partial charge is 0.304 e. The van der Waals surface area contributed by atoms with Crippen molar-refractivity contribution >= 4 is 5.97 Å². The molecule has 2 rings (SSSR count). The van der Waals surface area contributed by atoms with Crippen LogP contribution in [-0.2, 0) is 4.79 Å². The highest BCUT2D eigenvalue weighted by Gasteiger charge is 2.37. The minimum absolute atomic E-state index is 0.259. The van der Waals surface area contributed by atoms with Gasteiger partial charge in [-0.1, -0.05) is 0 Å². The number of carboxylic acid groups (broad SMARTS) is 1. The molecule has 2 aliphatic rings. The topological polar surface area (TPSA) is 43.8 Å². The van der Waals surface area contributed by atoms with Crippen LogP contribution in [0, 0.1) is 5.92 Å². The molecule has 0 aromatic carbocycles. The molecule has 0 bridgehead atoms. The van der Waals surface area contributed by atoms with Crippen molar-refractivity contribution in [3.63, 3.8) is 0 Å². The zero-order chi connectivity index (χ0) is 10.8. The molecular weight excluding hydrogens is 192 g/mol. The summed E-state index contributed by atoms with van der Waals surface area (Å²) in [6.45, 7) is 4.18. The summed E-state index contributed by atoms with van der Waals surface area (Å²) >= 11 is 0. The van der Waals surface area contributed by atoms with E-state index in [2.05, 4.69) is 9.80 Å². The Kier molecular flexibility index (Phi) is 3.26. The Labute approximate surface area is 90.9 Å². The van der Waals surface area contributed by atoms with Crippen LogP contribution < -0.4 is 0 Å². The highest BCUT2D eigenvalue weighted by atomic mass is 16.4. The Bertz CT molecular complexity index is 235. The minimum Gasteiger partial charge on any atom is -0.481 e. The lowest BCUT2D eigenvalue weighted by molar-refractivity contribution is -0.137. The van der Waals surface area contributed by atoms with Crippen molar-refractivity contribution in [3.05, 3.63) is 0 Å². The second-order valence-electron chi connectivity index (χ2n) is 4.96. The fourth-order valence-corrected chi connectivity index (χ4v) is 2.28. The van der Waals surface area contributed by atoms with Crippen molar-refractivity contribution in [3.8, 4) is 0 Å². The van der Waals surface area contributed by atoms with Crippen molar-refractivity contribution < 1.29 is 9.90 Å². The lowest BCUT2D eigenvalue weighted by atomic mass is 9.99. The average Bonchev–Trinajstić information content (AvgIpc) is 2.90. The number of carbonyl (C=O) groups is 1. The maximum atomic E-state index is 10.4. The third-order valence-electron chi connectivity index (χ3n) is 3.33. The summed E-state index contributed by atoms with van der Waals surface area (Å²) in [5, 5.41) is 8.56. The molecule has 2 fully saturated rings. The first kappa shape index (κ1) is 10.9. The molecular formula is C11H20N2O2. The van der Waals surface area contributed by atoms with Crippen LogP contribution in [0.25, 0.3) is 0 Å². The fourth-order valence-electron chi connectivity index (χ4n) is 2.28. The maximum Gasteiger partial charge on any atom is 0.304 e. The van der Waals surface area contributed by atoms with Gasteiger partial charge in [-0.2, -0.15) is 0 Å². The van der Waals surface area contributed by atoms with Crippen LogP contribution >= 0.6 is 0 Å². The standard InChI is InChI=1S/C11H20N2O2/c1-12(5-4-11(14)15)6-9-7-13(8-9)10-2-3-10/h9-10H,2-8H2,1H3,(H,14,15). The predicted molar refractivity (Wildman–Crippen MR) is 57.8 cm³/mol. The number of aliphatic carboxylic acids is 1. The molecule has 0 spiro atoms. The van der Waals surface area contributed by atoms with Gasteiger partial charge in [0.15, 0.2) is 0 Å². The van der Waals surface area contributed by atoms with Crippen LogP contribution in [0.4, 0.5) is 0 Å². The van der Waals surface area contributed by atoms with Crippen LogP contribution in [0.2, 0.25) is 0 Å². The van der Waals surface area contributed by atoms with E-state index in [0.29, 0.717) is 6.54 Å². The van der Waals surface area contributed by atoms with Crippen molar-refractivity contribution in [1.29, 1.82) is 0 Å². The summed E-state index contributed by atoms with van der Waals surface area (Å²) in [5.74, 6) is 0.0689. The quantitative estimate of drug-likeness (QED) is 0.696. The summed E-state index contributed by atoms with van der Waals surface area (Å²) in [7, 11) is 2.02. The summed E-state index contributed by atoms with van der Waals surface area (Å²) in [4.78, 5) is 15.1. The van der Waals surface area contributed by atoms with Crippen molar-refractivity contribution in [2.45, 2.75) is 25.3 Å². The number of hydrogen-bond donors (Lipinski definition) is 1. The zero-order valence-electron chi connectivity index (χ0n) is 9.35. The van der Waals surface area contributed by atoms with E-state index in [-0.39, 0.29) is 6.42 Å². The lowest BCUT2D eigenvalue weighted by Crippen LogP contribution is -2.51. The van der Waals surface area contributed by atoms with Crippen LogP contribution in [0.15, 0.2) is 0 Å². The third-order valence-corrected chi connectivity index (χ3v) is 3.33. The Balaban J connectivity index is 1.55. The molecule has 0 unspecified atom stereocenters. The maximum absolute atomic E-state index is 10.4. The molecule has 0 amide bonds. The fraction of sp³-hybridized carbons (Fsp3) is 0.909. The van der Waals surface area contributed by atoms with E-state index in [1.165, 1.54) is 25.9 Å². The van der Waals surface area contributed by atoms with E-state index < -0.39 is 5.97 Å². The molecule has 0 aromatic heterocycles. The van der Waals surface area contributed by atoms with Crippen LogP contribution in [0.1, 0.15) is 19.3 Å². The van der Waals surface area contributed by atoms with Gasteiger partial charge in [-0.25, -0.2) is 0 Å². The molecule has 4 nitrogen and oxygen atoms in total. The molecule has 1 aliphatic heterocycles. The molecule has 86 valence electrons. The van der Waals surface area contributed by atoms with Gasteiger partial charge >= 0.3 is 5.97 Å². The van der Waals surface area contributed by atoms with E-state index >= 15 is 0 Å². The molecule has 1 saturated heterocycles. The van der Waals surface area contributed by atoms with Gasteiger partial charge < -0.3 is 10.0 Å². The molecule has 0 radical (unpaired) electrons. The molecule has 1 N–H and O–H groups in total. The van der Waals surface area contributed by atoms with Crippen molar-refractivity contribution in [1.82, 2.24) is 9.80 Å². The summed E-state index contributed by atoms with van der Waals surface area (Å²) in [5.41, 5.74) is 0. The largest absolute Gasteiger partial charge is 0.481 e. The third kappa shape index (κ3) is 3.18. The van der Waals surface area contributed by atoms with Gasteiger partial charge in [0.1, 0.15) is 0 Å². The number of nitrogens with zero attached hydrogens (tertiary/aromatic N) is 2. The average molecular weight is 212 g/mol. The van der Waals surface area contributed by atoms with Crippen LogP contribution in [0.3, 0.4) is 0 Å². The Morgan fingerprint density at radius 2 is 2.13 bits per heavy atom. The lowest BCUT2D eigenvalue weighted by Gasteiger charge is -2.41. The van der Waals surface area contributed by atoms with E-state index in [4.69, 9.17) is 5.11 Å². The van der Waals surface area contributed by atoms with Gasteiger partial charge in [-0.15, -0.1) is 0 Å². The first-order valence-corrected chi connectivity index (χ1v) is 5.79. The Morgan fingerprint density at radius 3 is 2.67 bits per heavy atom. The molecule has 1 heterocycles. The Hall–Kier alpha value is -0.610. The van der Waals surface area contributed by atoms with Crippen molar-refractivity contribution in [2.75, 3.05) is 33.2 Å². The van der Waals surface area contributed by atoms with Gasteiger partial charge in [-0.05, 0) is 25.8 Å². The second kappa shape index (κ2) is 4.49. The molecule has 1 saturated carbocycles. The number of hydrogen-bond acceptors (Lipinski definition) is 3. The van der Waals surface area contributed by atoms with Crippen molar-refractivity contribution in [2.24, 2.45) is 5.92 Å². The van der Waals surface area contributed by atoms with Gasteiger partial charge in [-0.3, -0.25) is 9.69 Å². The zero-order valence-corrected chi connectivity index (χ0v) is 9.35. The first-order valence-electron chi connectivity index (χ1n) is 5.79. The summed E-state index contributed by atoms with van der Waals surface area (Å²) < 4.78 is 0. The van der Waals surface area contributed by atoms with E-state index in [0.717, 1.165) is 18.5 Å². The summed E-state index contributed by atoms with van der Waals surface area (Å²) in [6, 6.07) is 0.894. The highest BCUT2D eigenvalue weighted by molar-refractivity contribution is 5.66. The van der Waals surface area contributed by atoms with Gasteiger partial charge in [0, 0.05) is 32.2 Å². The second-order valence-corrected chi connectivity index (χ2v) is 4.96. The number of likely N-dealkylation sites (tertiary alicyclic amines) is 1. The number of rotatable bonds is 6. The van der Waals surface area contributed by atoms with Gasteiger partial charge in [0.2, 0.25) is 0 Å². The normalized spacial score (nSPS) is 23.1.